The van der Waals surface area contributed by atoms with Gasteiger partial charge in [0.15, 0.2) is 0 Å². The molecule has 3 nitrogen and oxygen atoms in total. The van der Waals surface area contributed by atoms with Crippen LogP contribution >= 0.6 is 0 Å². The van der Waals surface area contributed by atoms with E-state index >= 15 is 0 Å². The highest BCUT2D eigenvalue weighted by Gasteiger charge is 2.46. The number of aliphatic hydroxyl groups is 1. The predicted molar refractivity (Wildman–Crippen MR) is 64.9 cm³/mol. The van der Waals surface area contributed by atoms with Gasteiger partial charge in [-0.2, -0.15) is 0 Å². The van der Waals surface area contributed by atoms with Crippen LogP contribution < -0.4 is 0 Å². The van der Waals surface area contributed by atoms with Crippen molar-refractivity contribution in [2.45, 2.75) is 61.0 Å². The van der Waals surface area contributed by atoms with Crippen LogP contribution in [0.1, 0.15) is 44.9 Å². The number of methoxy groups -OCH3 is 1. The number of hydrogen-bond acceptors (Lipinski definition) is 3. The first-order valence-corrected chi connectivity index (χ1v) is 7.53. The molecule has 2 heterocycles. The smallest absolute Gasteiger partial charge is 0.0670 e. The molecule has 0 aliphatic carbocycles. The Hall–Kier alpha value is 0.0700. The van der Waals surface area contributed by atoms with Crippen molar-refractivity contribution in [3.05, 3.63) is 0 Å². The lowest BCUT2D eigenvalue weighted by molar-refractivity contribution is 0.0106. The summed E-state index contributed by atoms with van der Waals surface area (Å²) in [6.07, 6.45) is 6.48. The second kappa shape index (κ2) is 5.15. The lowest BCUT2D eigenvalue weighted by Gasteiger charge is -2.36. The first kappa shape index (κ1) is 12.5. The molecule has 1 N–H and O–H groups in total. The molecular weight excluding hydrogens is 224 g/mol. The molecule has 2 unspecified atom stereocenters. The van der Waals surface area contributed by atoms with Gasteiger partial charge in [-0.05, 0) is 44.9 Å². The van der Waals surface area contributed by atoms with Gasteiger partial charge in [-0.15, -0.1) is 0 Å². The summed E-state index contributed by atoms with van der Waals surface area (Å²) in [5, 5.41) is 11.0. The van der Waals surface area contributed by atoms with E-state index in [1.165, 1.54) is 0 Å². The quantitative estimate of drug-likeness (QED) is 0.750. The molecule has 0 spiro atoms. The fraction of sp³-hybridized carbons (Fsp3) is 1.00. The molecule has 0 aromatic rings. The normalized spacial score (nSPS) is 42.5. The molecule has 0 aromatic heterocycles. The molecule has 2 saturated heterocycles. The molecule has 0 amide bonds. The minimum atomic E-state index is -0.659. The number of unbranched alkanes of at least 4 members (excludes halogenated alkanes) is 1. The first-order chi connectivity index (χ1) is 7.64. The van der Waals surface area contributed by atoms with E-state index in [2.05, 4.69) is 0 Å². The van der Waals surface area contributed by atoms with Gasteiger partial charge < -0.3 is 9.84 Å². The van der Waals surface area contributed by atoms with E-state index in [0.717, 1.165) is 51.6 Å². The third-order valence-corrected chi connectivity index (χ3v) is 6.04. The number of ether oxygens (including phenoxy) is 1. The highest BCUT2D eigenvalue weighted by atomic mass is 32.2. The van der Waals surface area contributed by atoms with Crippen LogP contribution in [0.2, 0.25) is 0 Å². The highest BCUT2D eigenvalue weighted by molar-refractivity contribution is 7.86. The maximum Gasteiger partial charge on any atom is 0.0670 e. The second-order valence-electron chi connectivity index (χ2n) is 5.23. The Labute approximate surface area is 100 Å². The van der Waals surface area contributed by atoms with Crippen molar-refractivity contribution in [1.29, 1.82) is 0 Å². The largest absolute Gasteiger partial charge is 0.390 e. The topological polar surface area (TPSA) is 46.5 Å². The van der Waals surface area contributed by atoms with Gasteiger partial charge in [0.2, 0.25) is 0 Å². The Morgan fingerprint density at radius 3 is 2.50 bits per heavy atom. The van der Waals surface area contributed by atoms with Crippen molar-refractivity contribution >= 4 is 10.8 Å². The molecule has 2 aliphatic heterocycles. The fourth-order valence-corrected chi connectivity index (χ4v) is 5.31. The van der Waals surface area contributed by atoms with Crippen LogP contribution in [0.4, 0.5) is 0 Å². The molecule has 2 atom stereocenters. The fourth-order valence-electron chi connectivity index (χ4n) is 3.08. The second-order valence-corrected chi connectivity index (χ2v) is 7.22. The molecule has 0 aromatic carbocycles. The van der Waals surface area contributed by atoms with Crippen LogP contribution in [0.25, 0.3) is 0 Å². The van der Waals surface area contributed by atoms with Crippen LogP contribution in [-0.4, -0.2) is 39.1 Å². The summed E-state index contributed by atoms with van der Waals surface area (Å²) in [4.78, 5) is 0. The third kappa shape index (κ3) is 2.66. The van der Waals surface area contributed by atoms with Crippen molar-refractivity contribution in [1.82, 2.24) is 0 Å². The zero-order valence-electron chi connectivity index (χ0n) is 9.98. The van der Waals surface area contributed by atoms with E-state index in [0.29, 0.717) is 0 Å². The SMILES string of the molecule is COCCCCC1(O)CC2CCC(C1)S2=O. The monoisotopic (exact) mass is 246 g/mol. The maximum atomic E-state index is 11.8. The van der Waals surface area contributed by atoms with E-state index < -0.39 is 16.4 Å². The molecule has 94 valence electrons. The Morgan fingerprint density at radius 2 is 1.94 bits per heavy atom. The molecule has 2 bridgehead atoms. The average Bonchev–Trinajstić information content (AvgIpc) is 2.51. The summed E-state index contributed by atoms with van der Waals surface area (Å²) < 4.78 is 16.8. The van der Waals surface area contributed by atoms with Gasteiger partial charge in [0.05, 0.1) is 5.60 Å². The van der Waals surface area contributed by atoms with Crippen molar-refractivity contribution in [2.75, 3.05) is 13.7 Å². The van der Waals surface area contributed by atoms with E-state index in [1.54, 1.807) is 7.11 Å². The summed E-state index contributed by atoms with van der Waals surface area (Å²) in [5.41, 5.74) is -0.534. The molecule has 4 heteroatoms. The number of hydrogen-bond donors (Lipinski definition) is 1. The van der Waals surface area contributed by atoms with Crippen LogP contribution in [-0.2, 0) is 15.5 Å². The van der Waals surface area contributed by atoms with E-state index in [-0.39, 0.29) is 10.5 Å². The van der Waals surface area contributed by atoms with Crippen LogP contribution in [0, 0.1) is 0 Å². The number of fused-ring (bicyclic) bond motifs is 2. The molecule has 2 fully saturated rings. The lowest BCUT2D eigenvalue weighted by atomic mass is 9.88. The standard InChI is InChI=1S/C12H22O3S/c1-15-7-3-2-6-12(13)8-10-4-5-11(9-12)16(10)14/h10-11,13H,2-9H2,1H3. The Bertz CT molecular complexity index is 251. The van der Waals surface area contributed by atoms with Gasteiger partial charge in [0.1, 0.15) is 0 Å². The highest BCUT2D eigenvalue weighted by Crippen LogP contribution is 2.42. The Kier molecular flexibility index (Phi) is 4.03. The van der Waals surface area contributed by atoms with Gasteiger partial charge in [-0.1, -0.05) is 0 Å². The average molecular weight is 246 g/mol. The minimum Gasteiger partial charge on any atom is -0.390 e. The zero-order valence-corrected chi connectivity index (χ0v) is 10.8. The van der Waals surface area contributed by atoms with Crippen LogP contribution in [0.3, 0.4) is 0 Å². The van der Waals surface area contributed by atoms with Crippen molar-refractivity contribution in [3.8, 4) is 0 Å². The van der Waals surface area contributed by atoms with Gasteiger partial charge in [-0.25, -0.2) is 0 Å². The van der Waals surface area contributed by atoms with Crippen molar-refractivity contribution in [2.24, 2.45) is 0 Å². The lowest BCUT2D eigenvalue weighted by Crippen LogP contribution is -2.42. The summed E-state index contributed by atoms with van der Waals surface area (Å²) in [7, 11) is 1.05. The van der Waals surface area contributed by atoms with Gasteiger partial charge >= 0.3 is 0 Å². The van der Waals surface area contributed by atoms with Crippen LogP contribution in [0.5, 0.6) is 0 Å². The van der Waals surface area contributed by atoms with Gasteiger partial charge in [-0.3, -0.25) is 4.21 Å². The molecule has 16 heavy (non-hydrogen) atoms. The van der Waals surface area contributed by atoms with Crippen molar-refractivity contribution < 1.29 is 14.1 Å². The summed E-state index contributed by atoms with van der Waals surface area (Å²) in [5.74, 6) is 0. The summed E-state index contributed by atoms with van der Waals surface area (Å²) >= 11 is 0. The van der Waals surface area contributed by atoms with Gasteiger partial charge in [0.25, 0.3) is 0 Å². The molecule has 0 radical (unpaired) electrons. The molecule has 0 saturated carbocycles. The van der Waals surface area contributed by atoms with E-state index in [4.69, 9.17) is 4.74 Å². The first-order valence-electron chi connectivity index (χ1n) is 6.25. The van der Waals surface area contributed by atoms with Crippen molar-refractivity contribution in [3.63, 3.8) is 0 Å². The predicted octanol–water partition coefficient (Wildman–Crippen LogP) is 1.61. The number of rotatable bonds is 5. The summed E-state index contributed by atoms with van der Waals surface area (Å²) in [6.45, 7) is 0.773. The van der Waals surface area contributed by atoms with E-state index in [9.17, 15) is 9.32 Å². The van der Waals surface area contributed by atoms with Crippen LogP contribution in [0.15, 0.2) is 0 Å². The maximum absolute atomic E-state index is 11.8. The minimum absolute atomic E-state index is 0.270. The Balaban J connectivity index is 1.82. The van der Waals surface area contributed by atoms with Gasteiger partial charge in [0, 0.05) is 35.0 Å². The molecular formula is C12H22O3S. The molecule has 2 rings (SSSR count). The zero-order chi connectivity index (χ0) is 11.6. The van der Waals surface area contributed by atoms with E-state index in [1.807, 2.05) is 0 Å². The third-order valence-electron chi connectivity index (χ3n) is 3.92. The Morgan fingerprint density at radius 1 is 1.31 bits per heavy atom. The summed E-state index contributed by atoms with van der Waals surface area (Å²) in [6, 6.07) is 0. The molecule has 2 aliphatic rings.